The van der Waals surface area contributed by atoms with Crippen LogP contribution in [0.4, 0.5) is 5.13 Å². The molecule has 1 heterocycles. The summed E-state index contributed by atoms with van der Waals surface area (Å²) in [6.45, 7) is 6.69. The third-order valence-electron chi connectivity index (χ3n) is 5.21. The lowest BCUT2D eigenvalue weighted by Crippen LogP contribution is -2.41. The Kier molecular flexibility index (Phi) is 6.00. The molecule has 1 aliphatic carbocycles. The first kappa shape index (κ1) is 19.3. The molecule has 0 radical (unpaired) electrons. The van der Waals surface area contributed by atoms with Gasteiger partial charge in [-0.25, -0.2) is 4.98 Å². The van der Waals surface area contributed by atoms with Crippen molar-refractivity contribution in [3.05, 3.63) is 45.9 Å². The predicted octanol–water partition coefficient (Wildman–Crippen LogP) is 5.12. The highest BCUT2D eigenvalue weighted by molar-refractivity contribution is 7.14. The van der Waals surface area contributed by atoms with E-state index in [1.54, 1.807) is 18.3 Å². The van der Waals surface area contributed by atoms with Crippen LogP contribution in [0.1, 0.15) is 57.7 Å². The first-order valence-corrected chi connectivity index (χ1v) is 10.5. The summed E-state index contributed by atoms with van der Waals surface area (Å²) in [5.41, 5.74) is 2.12. The van der Waals surface area contributed by atoms with Gasteiger partial charge in [0, 0.05) is 35.5 Å². The van der Waals surface area contributed by atoms with Crippen LogP contribution in [0.15, 0.2) is 29.6 Å². The lowest BCUT2D eigenvalue weighted by molar-refractivity contribution is -0.116. The molecule has 2 aromatic rings. The van der Waals surface area contributed by atoms with Gasteiger partial charge in [-0.1, -0.05) is 37.6 Å². The van der Waals surface area contributed by atoms with E-state index in [0.29, 0.717) is 12.6 Å². The molecule has 4 nitrogen and oxygen atoms in total. The van der Waals surface area contributed by atoms with Gasteiger partial charge in [-0.3, -0.25) is 9.69 Å². The second-order valence-electron chi connectivity index (χ2n) is 6.89. The summed E-state index contributed by atoms with van der Waals surface area (Å²) in [5, 5.41) is 7.34. The van der Waals surface area contributed by atoms with E-state index in [1.165, 1.54) is 5.56 Å². The number of thiazole rings is 1. The van der Waals surface area contributed by atoms with Crippen LogP contribution >= 0.6 is 22.9 Å². The molecule has 0 bridgehead atoms. The molecule has 0 saturated heterocycles. The van der Waals surface area contributed by atoms with E-state index in [1.807, 2.05) is 17.0 Å². The summed E-state index contributed by atoms with van der Waals surface area (Å²) in [6.07, 6.45) is 4.11. The molecule has 1 aromatic carbocycles. The van der Waals surface area contributed by atoms with Crippen molar-refractivity contribution in [1.29, 1.82) is 0 Å². The van der Waals surface area contributed by atoms with Crippen LogP contribution in [0.5, 0.6) is 0 Å². The Hall–Kier alpha value is -1.43. The molecule has 3 rings (SSSR count). The normalized spacial score (nSPS) is 14.5. The Labute approximate surface area is 164 Å². The molecular weight excluding hydrogens is 366 g/mol. The molecule has 1 amide bonds. The van der Waals surface area contributed by atoms with Crippen LogP contribution in [0.25, 0.3) is 0 Å². The van der Waals surface area contributed by atoms with Crippen molar-refractivity contribution in [3.8, 4) is 0 Å². The van der Waals surface area contributed by atoms with Gasteiger partial charge in [0.2, 0.25) is 5.91 Å². The minimum Gasteiger partial charge on any atom is -0.302 e. The molecule has 6 heteroatoms. The maximum atomic E-state index is 11.9. The van der Waals surface area contributed by atoms with Crippen molar-refractivity contribution in [1.82, 2.24) is 10.3 Å². The number of aromatic nitrogens is 1. The quantitative estimate of drug-likeness (QED) is 0.679. The van der Waals surface area contributed by atoms with Crippen LogP contribution in [0.3, 0.4) is 0 Å². The van der Waals surface area contributed by atoms with Crippen molar-refractivity contribution in [2.45, 2.75) is 64.6 Å². The fourth-order valence-electron chi connectivity index (χ4n) is 3.41. The Morgan fingerprint density at radius 2 is 1.96 bits per heavy atom. The number of rotatable bonds is 8. The number of hydrogen-bond donors (Lipinski definition) is 1. The Morgan fingerprint density at radius 1 is 1.31 bits per heavy atom. The number of anilines is 1. The third kappa shape index (κ3) is 4.11. The molecule has 140 valence electrons. The van der Waals surface area contributed by atoms with Crippen LogP contribution in [0, 0.1) is 0 Å². The number of carbonyl (C=O) groups excluding carboxylic acids is 1. The second-order valence-corrected chi connectivity index (χ2v) is 8.16. The first-order chi connectivity index (χ1) is 12.5. The van der Waals surface area contributed by atoms with E-state index in [-0.39, 0.29) is 11.4 Å². The van der Waals surface area contributed by atoms with Gasteiger partial charge in [-0.2, -0.15) is 0 Å². The van der Waals surface area contributed by atoms with Crippen LogP contribution < -0.4 is 10.2 Å². The molecule has 0 atom stereocenters. The van der Waals surface area contributed by atoms with Gasteiger partial charge < -0.3 is 5.32 Å². The standard InChI is InChI=1S/C20H26ClN3OS/c1-4-20(5-2,15-6-8-16(21)9-7-15)22-12-17-13-26-19(23-17)24(14(3)25)18-10-11-18/h6-9,13,18,22H,4-5,10-12H2,1-3H3. The molecule has 0 spiro atoms. The topological polar surface area (TPSA) is 45.2 Å². The van der Waals surface area contributed by atoms with E-state index in [2.05, 4.69) is 36.7 Å². The largest absolute Gasteiger partial charge is 0.302 e. The minimum atomic E-state index is -0.106. The van der Waals surface area contributed by atoms with Crippen molar-refractivity contribution in [2.75, 3.05) is 4.90 Å². The smallest absolute Gasteiger partial charge is 0.225 e. The Bertz CT molecular complexity index is 751. The number of nitrogens with one attached hydrogen (secondary N) is 1. The predicted molar refractivity (Wildman–Crippen MR) is 109 cm³/mol. The summed E-state index contributed by atoms with van der Waals surface area (Å²) in [7, 11) is 0. The molecule has 1 N–H and O–H groups in total. The van der Waals surface area contributed by atoms with E-state index in [0.717, 1.165) is 41.5 Å². The van der Waals surface area contributed by atoms with E-state index < -0.39 is 0 Å². The molecule has 1 aliphatic rings. The summed E-state index contributed by atoms with van der Waals surface area (Å²) in [4.78, 5) is 18.5. The second kappa shape index (κ2) is 8.07. The van der Waals surface area contributed by atoms with E-state index in [9.17, 15) is 4.79 Å². The third-order valence-corrected chi connectivity index (χ3v) is 6.35. The number of halogens is 1. The zero-order chi connectivity index (χ0) is 18.7. The van der Waals surface area contributed by atoms with Gasteiger partial charge >= 0.3 is 0 Å². The number of nitrogens with zero attached hydrogens (tertiary/aromatic N) is 2. The molecule has 26 heavy (non-hydrogen) atoms. The zero-order valence-corrected chi connectivity index (χ0v) is 17.2. The van der Waals surface area contributed by atoms with Gasteiger partial charge in [0.05, 0.1) is 5.69 Å². The zero-order valence-electron chi connectivity index (χ0n) is 15.6. The minimum absolute atomic E-state index is 0.0824. The highest BCUT2D eigenvalue weighted by Crippen LogP contribution is 2.34. The molecular formula is C20H26ClN3OS. The molecule has 1 saturated carbocycles. The van der Waals surface area contributed by atoms with Gasteiger partial charge in [0.15, 0.2) is 5.13 Å². The van der Waals surface area contributed by atoms with E-state index >= 15 is 0 Å². The Morgan fingerprint density at radius 3 is 2.50 bits per heavy atom. The van der Waals surface area contributed by atoms with Crippen molar-refractivity contribution in [2.24, 2.45) is 0 Å². The fourth-order valence-corrected chi connectivity index (χ4v) is 4.47. The highest BCUT2D eigenvalue weighted by Gasteiger charge is 2.34. The van der Waals surface area contributed by atoms with Crippen LogP contribution in [0.2, 0.25) is 5.02 Å². The lowest BCUT2D eigenvalue weighted by Gasteiger charge is -2.33. The molecule has 1 aromatic heterocycles. The molecule has 0 unspecified atom stereocenters. The summed E-state index contributed by atoms with van der Waals surface area (Å²) >= 11 is 7.60. The summed E-state index contributed by atoms with van der Waals surface area (Å²) < 4.78 is 0. The van der Waals surface area contributed by atoms with Gasteiger partial charge in [-0.05, 0) is 43.4 Å². The summed E-state index contributed by atoms with van der Waals surface area (Å²) in [5.74, 6) is 0.0824. The summed E-state index contributed by atoms with van der Waals surface area (Å²) in [6, 6.07) is 8.43. The maximum Gasteiger partial charge on any atom is 0.225 e. The SMILES string of the molecule is CCC(CC)(NCc1csc(N(C(C)=O)C2CC2)n1)c1ccc(Cl)cc1. The number of hydrogen-bond acceptors (Lipinski definition) is 4. The highest BCUT2D eigenvalue weighted by atomic mass is 35.5. The fraction of sp³-hybridized carbons (Fsp3) is 0.500. The van der Waals surface area contributed by atoms with E-state index in [4.69, 9.17) is 16.6 Å². The monoisotopic (exact) mass is 391 g/mol. The van der Waals surface area contributed by atoms with Crippen molar-refractivity contribution >= 4 is 34.0 Å². The average Bonchev–Trinajstić information content (AvgIpc) is 3.35. The number of benzene rings is 1. The number of amides is 1. The average molecular weight is 392 g/mol. The van der Waals surface area contributed by atoms with Crippen molar-refractivity contribution < 1.29 is 4.79 Å². The molecule has 0 aliphatic heterocycles. The van der Waals surface area contributed by atoms with Gasteiger partial charge in [-0.15, -0.1) is 11.3 Å². The Balaban J connectivity index is 1.74. The molecule has 1 fully saturated rings. The first-order valence-electron chi connectivity index (χ1n) is 9.24. The van der Waals surface area contributed by atoms with Crippen LogP contribution in [-0.2, 0) is 16.9 Å². The lowest BCUT2D eigenvalue weighted by atomic mass is 9.84. The maximum absolute atomic E-state index is 11.9. The van der Waals surface area contributed by atoms with Gasteiger partial charge in [0.1, 0.15) is 0 Å². The van der Waals surface area contributed by atoms with Crippen LogP contribution in [-0.4, -0.2) is 16.9 Å². The number of carbonyl (C=O) groups is 1. The van der Waals surface area contributed by atoms with Gasteiger partial charge in [0.25, 0.3) is 0 Å². The van der Waals surface area contributed by atoms with Crippen molar-refractivity contribution in [3.63, 3.8) is 0 Å².